The molecule has 0 saturated heterocycles. The molecule has 1 aliphatic carbocycles. The molecule has 0 amide bonds. The van der Waals surface area contributed by atoms with Crippen LogP contribution < -0.4 is 5.32 Å². The van der Waals surface area contributed by atoms with Crippen LogP contribution in [0.15, 0.2) is 12.4 Å². The third-order valence-electron chi connectivity index (χ3n) is 4.23. The van der Waals surface area contributed by atoms with Gasteiger partial charge in [-0.1, -0.05) is 13.3 Å². The van der Waals surface area contributed by atoms with Crippen LogP contribution in [0.25, 0.3) is 5.78 Å². The summed E-state index contributed by atoms with van der Waals surface area (Å²) < 4.78 is 19.0. The van der Waals surface area contributed by atoms with Crippen LogP contribution in [0.2, 0.25) is 0 Å². The second kappa shape index (κ2) is 7.35. The summed E-state index contributed by atoms with van der Waals surface area (Å²) in [5, 5.41) is 8.07. The van der Waals surface area contributed by atoms with Crippen molar-refractivity contribution in [1.82, 2.24) is 19.6 Å². The molecule has 2 aromatic heterocycles. The Balaban J connectivity index is 1.80. The highest BCUT2D eigenvalue weighted by Crippen LogP contribution is 2.26. The Labute approximate surface area is 138 Å². The lowest BCUT2D eigenvalue weighted by molar-refractivity contribution is 0.181. The molecule has 126 valence electrons. The largest absolute Gasteiger partial charge is 0.378 e. The maximum Gasteiger partial charge on any atom is 0.254 e. The summed E-state index contributed by atoms with van der Waals surface area (Å²) >= 11 is 0. The molecular formula is C15H23N5O2S. The molecule has 0 aromatic carbocycles. The second-order valence-electron chi connectivity index (χ2n) is 5.84. The lowest BCUT2D eigenvalue weighted by atomic mass is 9.95. The van der Waals surface area contributed by atoms with Gasteiger partial charge in [0.25, 0.3) is 5.78 Å². The van der Waals surface area contributed by atoms with E-state index in [1.54, 1.807) is 11.6 Å². The molecule has 0 aliphatic heterocycles. The first kappa shape index (κ1) is 16.3. The van der Waals surface area contributed by atoms with Gasteiger partial charge in [-0.25, -0.2) is 4.98 Å². The highest BCUT2D eigenvalue weighted by atomic mass is 32.2. The minimum atomic E-state index is -0.726. The van der Waals surface area contributed by atoms with Crippen LogP contribution in [0.1, 0.15) is 38.3 Å². The molecule has 1 N–H and O–H groups in total. The van der Waals surface area contributed by atoms with Gasteiger partial charge in [-0.3, -0.25) is 4.21 Å². The van der Waals surface area contributed by atoms with Gasteiger partial charge in [-0.2, -0.15) is 14.6 Å². The Morgan fingerprint density at radius 2 is 2.35 bits per heavy atom. The van der Waals surface area contributed by atoms with E-state index in [2.05, 4.69) is 20.4 Å². The summed E-state index contributed by atoms with van der Waals surface area (Å²) in [6.07, 6.45) is 5.67. The number of ether oxygens (including phenoxy) is 1. The lowest BCUT2D eigenvalue weighted by Crippen LogP contribution is -2.33. The number of nitrogens with one attached hydrogen (secondary N) is 1. The molecule has 1 aliphatic rings. The van der Waals surface area contributed by atoms with Gasteiger partial charge in [-0.05, 0) is 19.3 Å². The van der Waals surface area contributed by atoms with Gasteiger partial charge in [0, 0.05) is 41.0 Å². The van der Waals surface area contributed by atoms with E-state index in [1.165, 1.54) is 6.33 Å². The summed E-state index contributed by atoms with van der Waals surface area (Å²) in [6.45, 7) is 2.43. The van der Waals surface area contributed by atoms with Crippen LogP contribution >= 0.6 is 0 Å². The Hall–Kier alpha value is -1.54. The van der Waals surface area contributed by atoms with Crippen molar-refractivity contribution in [3.05, 3.63) is 18.1 Å². The molecule has 0 radical (unpaired) electrons. The van der Waals surface area contributed by atoms with Crippen molar-refractivity contribution in [3.8, 4) is 0 Å². The van der Waals surface area contributed by atoms with Crippen LogP contribution in [-0.4, -0.2) is 47.9 Å². The molecule has 0 spiro atoms. The fourth-order valence-electron chi connectivity index (χ4n) is 3.15. The SMILES string of the molecule is CCS(=O)C1CCCC(Nc2cc(COC)nc3ncnn23)C1. The molecule has 8 heteroatoms. The minimum Gasteiger partial charge on any atom is -0.378 e. The van der Waals surface area contributed by atoms with Crippen LogP contribution in [0.4, 0.5) is 5.82 Å². The lowest BCUT2D eigenvalue weighted by Gasteiger charge is -2.29. The molecule has 7 nitrogen and oxygen atoms in total. The normalized spacial score (nSPS) is 23.0. The first-order valence-electron chi connectivity index (χ1n) is 8.03. The maximum absolute atomic E-state index is 12.1. The molecule has 3 rings (SSSR count). The number of aromatic nitrogens is 4. The fraction of sp³-hybridized carbons (Fsp3) is 0.667. The van der Waals surface area contributed by atoms with E-state index in [1.807, 2.05) is 13.0 Å². The standard InChI is InChI=1S/C15H23N5O2S/c1-3-23(21)13-6-4-5-11(7-13)18-14-8-12(9-22-2)19-15-16-10-17-20(14)15/h8,10-11,13,18H,3-7,9H2,1-2H3. The average molecular weight is 337 g/mol. The molecule has 0 bridgehead atoms. The first-order chi connectivity index (χ1) is 11.2. The number of hydrogen-bond acceptors (Lipinski definition) is 6. The Bertz CT molecular complexity index is 690. The molecule has 23 heavy (non-hydrogen) atoms. The zero-order valence-corrected chi connectivity index (χ0v) is 14.4. The fourth-order valence-corrected chi connectivity index (χ4v) is 4.49. The first-order valence-corrected chi connectivity index (χ1v) is 9.41. The number of anilines is 1. The Kier molecular flexibility index (Phi) is 5.22. The summed E-state index contributed by atoms with van der Waals surface area (Å²) in [6, 6.07) is 2.25. The van der Waals surface area contributed by atoms with Gasteiger partial charge in [0.2, 0.25) is 0 Å². The molecule has 3 unspecified atom stereocenters. The van der Waals surface area contributed by atoms with Crippen molar-refractivity contribution in [1.29, 1.82) is 0 Å². The topological polar surface area (TPSA) is 81.4 Å². The van der Waals surface area contributed by atoms with Crippen LogP contribution in [0.3, 0.4) is 0 Å². The highest BCUT2D eigenvalue weighted by molar-refractivity contribution is 7.85. The Morgan fingerprint density at radius 3 is 3.13 bits per heavy atom. The smallest absolute Gasteiger partial charge is 0.254 e. The van der Waals surface area contributed by atoms with E-state index in [4.69, 9.17) is 4.74 Å². The third-order valence-corrected chi connectivity index (χ3v) is 5.97. The van der Waals surface area contributed by atoms with Crippen LogP contribution in [-0.2, 0) is 22.1 Å². The van der Waals surface area contributed by atoms with Crippen molar-refractivity contribution in [2.24, 2.45) is 0 Å². The van der Waals surface area contributed by atoms with Crippen LogP contribution in [0.5, 0.6) is 0 Å². The van der Waals surface area contributed by atoms with Gasteiger partial charge in [0.15, 0.2) is 0 Å². The van der Waals surface area contributed by atoms with Crippen molar-refractivity contribution in [3.63, 3.8) is 0 Å². The van der Waals surface area contributed by atoms with E-state index < -0.39 is 10.8 Å². The molecule has 2 aromatic rings. The molecule has 1 saturated carbocycles. The monoisotopic (exact) mass is 337 g/mol. The summed E-state index contributed by atoms with van der Waals surface area (Å²) in [4.78, 5) is 8.58. The van der Waals surface area contributed by atoms with Crippen molar-refractivity contribution in [2.75, 3.05) is 18.2 Å². The van der Waals surface area contributed by atoms with E-state index in [9.17, 15) is 4.21 Å². The van der Waals surface area contributed by atoms with E-state index in [-0.39, 0.29) is 5.25 Å². The number of hydrogen-bond donors (Lipinski definition) is 1. The number of methoxy groups -OCH3 is 1. The summed E-state index contributed by atoms with van der Waals surface area (Å²) in [5.74, 6) is 2.16. The van der Waals surface area contributed by atoms with Crippen molar-refractivity contribution >= 4 is 22.4 Å². The van der Waals surface area contributed by atoms with Gasteiger partial charge >= 0.3 is 0 Å². The predicted molar refractivity (Wildman–Crippen MR) is 89.8 cm³/mol. The second-order valence-corrected chi connectivity index (χ2v) is 7.84. The van der Waals surface area contributed by atoms with Crippen molar-refractivity contribution in [2.45, 2.75) is 50.5 Å². The van der Waals surface area contributed by atoms with E-state index in [0.717, 1.165) is 42.9 Å². The Morgan fingerprint density at radius 1 is 1.48 bits per heavy atom. The minimum absolute atomic E-state index is 0.290. The molecular weight excluding hydrogens is 314 g/mol. The third kappa shape index (κ3) is 3.69. The highest BCUT2D eigenvalue weighted by Gasteiger charge is 2.26. The number of rotatable bonds is 6. The predicted octanol–water partition coefficient (Wildman–Crippen LogP) is 1.76. The van der Waals surface area contributed by atoms with E-state index >= 15 is 0 Å². The number of nitrogens with zero attached hydrogens (tertiary/aromatic N) is 4. The van der Waals surface area contributed by atoms with Gasteiger partial charge in [0.05, 0.1) is 12.3 Å². The average Bonchev–Trinajstić information content (AvgIpc) is 3.03. The number of fused-ring (bicyclic) bond motifs is 1. The maximum atomic E-state index is 12.1. The van der Waals surface area contributed by atoms with Gasteiger partial charge in [0.1, 0.15) is 12.1 Å². The summed E-state index contributed by atoms with van der Waals surface area (Å²) in [5.41, 5.74) is 0.819. The zero-order valence-electron chi connectivity index (χ0n) is 13.6. The van der Waals surface area contributed by atoms with Crippen molar-refractivity contribution < 1.29 is 8.95 Å². The summed E-state index contributed by atoms with van der Waals surface area (Å²) in [7, 11) is 0.921. The zero-order chi connectivity index (χ0) is 16.2. The molecule has 2 heterocycles. The quantitative estimate of drug-likeness (QED) is 0.865. The van der Waals surface area contributed by atoms with Gasteiger partial charge < -0.3 is 10.1 Å². The van der Waals surface area contributed by atoms with Crippen LogP contribution in [0, 0.1) is 0 Å². The molecule has 3 atom stereocenters. The van der Waals surface area contributed by atoms with Gasteiger partial charge in [-0.15, -0.1) is 0 Å². The molecule has 1 fully saturated rings. The van der Waals surface area contributed by atoms with E-state index in [0.29, 0.717) is 18.4 Å².